The molecule has 4 rings (SSSR count). The number of nitrogens with one attached hydrogen (secondary N) is 1. The van der Waals surface area contributed by atoms with Gasteiger partial charge >= 0.3 is 6.03 Å². The maximum absolute atomic E-state index is 13.4. The van der Waals surface area contributed by atoms with Crippen LogP contribution in [0.4, 0.5) is 14.9 Å². The zero-order valence-corrected chi connectivity index (χ0v) is 14.8. The molecule has 0 atom stereocenters. The maximum atomic E-state index is 13.4. The van der Waals surface area contributed by atoms with Crippen molar-refractivity contribution in [2.24, 2.45) is 0 Å². The number of hydrogen-bond donors (Lipinski definition) is 1. The van der Waals surface area contributed by atoms with Gasteiger partial charge in [0, 0.05) is 24.0 Å². The largest absolute Gasteiger partial charge is 0.455 e. The third-order valence-electron chi connectivity index (χ3n) is 4.25. The number of amides is 2. The monoisotopic (exact) mass is 368 g/mol. The fraction of sp³-hybridized carbons (Fsp3) is 0.150. The standard InChI is InChI=1S/C20H17FN2O2S/c21-15-4-3-5-16(12-15)25-18-7-2-1-6-17(18)22-20(24)23-10-8-19-14(13-23)9-11-26-19/h1-7,9,11-12H,8,10,13H2,(H,22,24). The summed E-state index contributed by atoms with van der Waals surface area (Å²) in [6, 6.07) is 15.0. The predicted molar refractivity (Wildman–Crippen MR) is 100 cm³/mol. The first-order valence-corrected chi connectivity index (χ1v) is 9.20. The summed E-state index contributed by atoms with van der Waals surface area (Å²) in [6.45, 7) is 1.30. The minimum Gasteiger partial charge on any atom is -0.455 e. The van der Waals surface area contributed by atoms with Crippen LogP contribution in [0.3, 0.4) is 0 Å². The molecule has 1 aromatic heterocycles. The lowest BCUT2D eigenvalue weighted by Gasteiger charge is -2.27. The molecule has 2 amide bonds. The molecule has 6 heteroatoms. The number of rotatable bonds is 3. The second-order valence-electron chi connectivity index (χ2n) is 6.03. The number of carbonyl (C=O) groups is 1. The van der Waals surface area contributed by atoms with Crippen molar-refractivity contribution in [2.75, 3.05) is 11.9 Å². The van der Waals surface area contributed by atoms with E-state index < -0.39 is 0 Å². The summed E-state index contributed by atoms with van der Waals surface area (Å²) in [5.41, 5.74) is 1.76. The van der Waals surface area contributed by atoms with Crippen LogP contribution in [0.5, 0.6) is 11.5 Å². The van der Waals surface area contributed by atoms with Gasteiger partial charge in [0.1, 0.15) is 11.6 Å². The number of ether oxygens (including phenoxy) is 1. The number of fused-ring (bicyclic) bond motifs is 1. The van der Waals surface area contributed by atoms with Crippen molar-refractivity contribution < 1.29 is 13.9 Å². The topological polar surface area (TPSA) is 41.6 Å². The fourth-order valence-electron chi connectivity index (χ4n) is 2.93. The van der Waals surface area contributed by atoms with Crippen LogP contribution >= 0.6 is 11.3 Å². The molecule has 0 fully saturated rings. The summed E-state index contributed by atoms with van der Waals surface area (Å²) in [5, 5.41) is 4.97. The molecule has 0 aliphatic carbocycles. The van der Waals surface area contributed by atoms with E-state index in [2.05, 4.69) is 16.8 Å². The van der Waals surface area contributed by atoms with Crippen molar-refractivity contribution in [1.82, 2.24) is 4.90 Å². The number of thiophene rings is 1. The number of benzene rings is 2. The second kappa shape index (κ2) is 7.17. The van der Waals surface area contributed by atoms with Gasteiger partial charge in [-0.2, -0.15) is 0 Å². The van der Waals surface area contributed by atoms with E-state index in [0.717, 1.165) is 6.42 Å². The number of hydrogen-bond acceptors (Lipinski definition) is 3. The first-order chi connectivity index (χ1) is 12.7. The van der Waals surface area contributed by atoms with E-state index in [0.29, 0.717) is 30.3 Å². The fourth-order valence-corrected chi connectivity index (χ4v) is 3.82. The average molecular weight is 368 g/mol. The molecule has 2 heterocycles. The lowest BCUT2D eigenvalue weighted by Crippen LogP contribution is -2.38. The van der Waals surface area contributed by atoms with Crippen LogP contribution in [0.2, 0.25) is 0 Å². The van der Waals surface area contributed by atoms with Gasteiger partial charge in [0.2, 0.25) is 0 Å². The van der Waals surface area contributed by atoms with E-state index in [1.165, 1.54) is 22.6 Å². The molecule has 0 bridgehead atoms. The van der Waals surface area contributed by atoms with Crippen LogP contribution in [0.1, 0.15) is 10.4 Å². The van der Waals surface area contributed by atoms with Crippen LogP contribution in [-0.2, 0) is 13.0 Å². The summed E-state index contributed by atoms with van der Waals surface area (Å²) in [7, 11) is 0. The van der Waals surface area contributed by atoms with E-state index in [9.17, 15) is 9.18 Å². The average Bonchev–Trinajstić information content (AvgIpc) is 3.11. The first-order valence-electron chi connectivity index (χ1n) is 8.33. The van der Waals surface area contributed by atoms with Crippen LogP contribution in [0.25, 0.3) is 0 Å². The molecule has 1 aliphatic heterocycles. The highest BCUT2D eigenvalue weighted by Gasteiger charge is 2.22. The predicted octanol–water partition coefficient (Wildman–Crippen LogP) is 5.27. The van der Waals surface area contributed by atoms with Crippen LogP contribution < -0.4 is 10.1 Å². The Hall–Kier alpha value is -2.86. The number of halogens is 1. The minimum absolute atomic E-state index is 0.169. The van der Waals surface area contributed by atoms with Crippen molar-refractivity contribution in [2.45, 2.75) is 13.0 Å². The van der Waals surface area contributed by atoms with Crippen LogP contribution in [-0.4, -0.2) is 17.5 Å². The van der Waals surface area contributed by atoms with Crippen LogP contribution in [0.15, 0.2) is 60.0 Å². The number of carbonyl (C=O) groups excluding carboxylic acids is 1. The van der Waals surface area contributed by atoms with E-state index in [-0.39, 0.29) is 11.8 Å². The Balaban J connectivity index is 1.49. The summed E-state index contributed by atoms with van der Waals surface area (Å²) < 4.78 is 19.1. The molecule has 0 unspecified atom stereocenters. The SMILES string of the molecule is O=C(Nc1ccccc1Oc1cccc(F)c1)N1CCc2sccc2C1. The Morgan fingerprint density at radius 3 is 2.92 bits per heavy atom. The van der Waals surface area contributed by atoms with Crippen LogP contribution in [0, 0.1) is 5.82 Å². The molecule has 3 aromatic rings. The van der Waals surface area contributed by atoms with E-state index in [4.69, 9.17) is 4.74 Å². The van der Waals surface area contributed by atoms with E-state index in [1.807, 2.05) is 12.1 Å². The van der Waals surface area contributed by atoms with Gasteiger partial charge < -0.3 is 15.0 Å². The third-order valence-corrected chi connectivity index (χ3v) is 5.27. The van der Waals surface area contributed by atoms with Gasteiger partial charge in [-0.25, -0.2) is 9.18 Å². The van der Waals surface area contributed by atoms with Gasteiger partial charge in [-0.05, 0) is 47.7 Å². The maximum Gasteiger partial charge on any atom is 0.322 e. The van der Waals surface area contributed by atoms with E-state index in [1.54, 1.807) is 40.5 Å². The Morgan fingerprint density at radius 1 is 1.15 bits per heavy atom. The van der Waals surface area contributed by atoms with Gasteiger partial charge in [-0.15, -0.1) is 11.3 Å². The zero-order valence-electron chi connectivity index (χ0n) is 13.9. The molecule has 0 spiro atoms. The molecule has 132 valence electrons. The van der Waals surface area contributed by atoms with Crippen molar-refractivity contribution in [1.29, 1.82) is 0 Å². The second-order valence-corrected chi connectivity index (χ2v) is 7.03. The minimum atomic E-state index is -0.371. The quantitative estimate of drug-likeness (QED) is 0.684. The van der Waals surface area contributed by atoms with Crippen molar-refractivity contribution >= 4 is 23.1 Å². The number of nitrogens with zero attached hydrogens (tertiary/aromatic N) is 1. The molecular formula is C20H17FN2O2S. The van der Waals surface area contributed by atoms with Crippen molar-refractivity contribution in [3.05, 3.63) is 76.2 Å². The highest BCUT2D eigenvalue weighted by molar-refractivity contribution is 7.10. The molecule has 1 aliphatic rings. The smallest absolute Gasteiger partial charge is 0.322 e. The Kier molecular flexibility index (Phi) is 4.58. The lowest BCUT2D eigenvalue weighted by molar-refractivity contribution is 0.206. The highest BCUT2D eigenvalue weighted by atomic mass is 32.1. The number of urea groups is 1. The normalized spacial score (nSPS) is 13.2. The molecule has 0 radical (unpaired) electrons. The Morgan fingerprint density at radius 2 is 2.04 bits per heavy atom. The number of para-hydroxylation sites is 2. The first kappa shape index (κ1) is 16.6. The molecule has 2 aromatic carbocycles. The number of anilines is 1. The third kappa shape index (κ3) is 3.55. The summed E-state index contributed by atoms with van der Waals surface area (Å²) in [5.74, 6) is 0.483. The summed E-state index contributed by atoms with van der Waals surface area (Å²) in [4.78, 5) is 15.8. The van der Waals surface area contributed by atoms with Gasteiger partial charge in [0.15, 0.2) is 5.75 Å². The Bertz CT molecular complexity index is 941. The summed E-state index contributed by atoms with van der Waals surface area (Å²) >= 11 is 1.74. The summed E-state index contributed by atoms with van der Waals surface area (Å²) in [6.07, 6.45) is 0.877. The molecule has 0 saturated carbocycles. The van der Waals surface area contributed by atoms with Gasteiger partial charge in [0.25, 0.3) is 0 Å². The van der Waals surface area contributed by atoms with Crippen molar-refractivity contribution in [3.63, 3.8) is 0 Å². The van der Waals surface area contributed by atoms with Gasteiger partial charge in [-0.1, -0.05) is 18.2 Å². The zero-order chi connectivity index (χ0) is 17.9. The molecule has 4 nitrogen and oxygen atoms in total. The van der Waals surface area contributed by atoms with Gasteiger partial charge in [-0.3, -0.25) is 0 Å². The van der Waals surface area contributed by atoms with E-state index >= 15 is 0 Å². The molecule has 0 saturated heterocycles. The highest BCUT2D eigenvalue weighted by Crippen LogP contribution is 2.30. The Labute approximate surface area is 154 Å². The molecular weight excluding hydrogens is 351 g/mol. The van der Waals surface area contributed by atoms with Gasteiger partial charge in [0.05, 0.1) is 5.69 Å². The molecule has 26 heavy (non-hydrogen) atoms. The lowest BCUT2D eigenvalue weighted by atomic mass is 10.1. The van der Waals surface area contributed by atoms with Crippen molar-refractivity contribution in [3.8, 4) is 11.5 Å². The molecule has 1 N–H and O–H groups in total.